The molecule has 0 fully saturated rings. The van der Waals surface area contributed by atoms with Crippen molar-refractivity contribution in [3.05, 3.63) is 29.8 Å². The molecule has 4 heteroatoms. The number of carbonyl (C=O) groups excluding carboxylic acids is 2. The van der Waals surface area contributed by atoms with Gasteiger partial charge in [0.2, 0.25) is 5.91 Å². The Hall–Kier alpha value is -1.35. The second kappa shape index (κ2) is 4.94. The summed E-state index contributed by atoms with van der Waals surface area (Å²) in [6, 6.07) is 6.68. The first-order valence-electron chi connectivity index (χ1n) is 4.56. The zero-order chi connectivity index (χ0) is 11.4. The lowest BCUT2D eigenvalue weighted by atomic mass is 10.1. The Morgan fingerprint density at radius 1 is 1.27 bits per heavy atom. The molecule has 1 unspecified atom stereocenters. The van der Waals surface area contributed by atoms with Crippen molar-refractivity contribution < 1.29 is 9.59 Å². The van der Waals surface area contributed by atoms with Gasteiger partial charge < -0.3 is 5.32 Å². The van der Waals surface area contributed by atoms with Gasteiger partial charge in [0, 0.05) is 11.3 Å². The van der Waals surface area contributed by atoms with Crippen LogP contribution < -0.4 is 5.32 Å². The van der Waals surface area contributed by atoms with Crippen LogP contribution in [0.3, 0.4) is 0 Å². The van der Waals surface area contributed by atoms with E-state index in [-0.39, 0.29) is 11.7 Å². The molecule has 0 aliphatic rings. The minimum atomic E-state index is -0.572. The van der Waals surface area contributed by atoms with Crippen molar-refractivity contribution in [2.24, 2.45) is 0 Å². The number of alkyl halides is 1. The predicted octanol–water partition coefficient (Wildman–Crippen LogP) is 2.46. The standard InChI is InChI=1S/C11H12ClNO2/c1-7(12)11(15)13-10-5-3-9(4-6-10)8(2)14/h3-7H,1-2H3,(H,13,15). The van der Waals surface area contributed by atoms with E-state index in [1.165, 1.54) is 6.92 Å². The third kappa shape index (κ3) is 3.36. The Balaban J connectivity index is 2.73. The lowest BCUT2D eigenvalue weighted by Gasteiger charge is -2.06. The molecule has 0 aliphatic carbocycles. The van der Waals surface area contributed by atoms with Crippen molar-refractivity contribution in [2.45, 2.75) is 19.2 Å². The number of benzene rings is 1. The number of rotatable bonds is 3. The molecule has 15 heavy (non-hydrogen) atoms. The van der Waals surface area contributed by atoms with Gasteiger partial charge >= 0.3 is 0 Å². The number of anilines is 1. The van der Waals surface area contributed by atoms with E-state index in [4.69, 9.17) is 11.6 Å². The number of halogens is 1. The number of ketones is 1. The van der Waals surface area contributed by atoms with Gasteiger partial charge in [0.25, 0.3) is 0 Å². The van der Waals surface area contributed by atoms with Gasteiger partial charge in [0.15, 0.2) is 5.78 Å². The van der Waals surface area contributed by atoms with E-state index < -0.39 is 5.38 Å². The Labute approximate surface area is 93.4 Å². The summed E-state index contributed by atoms with van der Waals surface area (Å²) in [5.74, 6) is -0.258. The number of nitrogens with one attached hydrogen (secondary N) is 1. The van der Waals surface area contributed by atoms with Gasteiger partial charge in [0.05, 0.1) is 0 Å². The topological polar surface area (TPSA) is 46.2 Å². The molecule has 0 heterocycles. The van der Waals surface area contributed by atoms with Gasteiger partial charge in [-0.05, 0) is 38.1 Å². The quantitative estimate of drug-likeness (QED) is 0.635. The molecule has 1 aromatic carbocycles. The molecule has 0 aromatic heterocycles. The Morgan fingerprint density at radius 2 is 1.80 bits per heavy atom. The highest BCUT2D eigenvalue weighted by Crippen LogP contribution is 2.11. The SMILES string of the molecule is CC(=O)c1ccc(NC(=O)C(C)Cl)cc1. The summed E-state index contributed by atoms with van der Waals surface area (Å²) in [6.07, 6.45) is 0. The minimum absolute atomic E-state index is 0.00131. The first-order chi connectivity index (χ1) is 7.00. The average Bonchev–Trinajstić information content (AvgIpc) is 2.18. The van der Waals surface area contributed by atoms with Crippen LogP contribution in [-0.2, 0) is 4.79 Å². The number of carbonyl (C=O) groups is 2. The maximum atomic E-state index is 11.2. The third-order valence-corrected chi connectivity index (χ3v) is 2.12. The van der Waals surface area contributed by atoms with Crippen LogP contribution in [0.4, 0.5) is 5.69 Å². The van der Waals surface area contributed by atoms with Crippen molar-refractivity contribution in [1.29, 1.82) is 0 Å². The molecule has 1 rings (SSSR count). The van der Waals surface area contributed by atoms with Gasteiger partial charge in [-0.1, -0.05) is 0 Å². The Bertz CT molecular complexity index is 371. The van der Waals surface area contributed by atoms with Gasteiger partial charge in [-0.15, -0.1) is 11.6 Å². The van der Waals surface area contributed by atoms with Crippen molar-refractivity contribution in [1.82, 2.24) is 0 Å². The zero-order valence-corrected chi connectivity index (χ0v) is 9.34. The van der Waals surface area contributed by atoms with E-state index in [2.05, 4.69) is 5.32 Å². The van der Waals surface area contributed by atoms with E-state index in [1.807, 2.05) is 0 Å². The fraction of sp³-hybridized carbons (Fsp3) is 0.273. The molecular weight excluding hydrogens is 214 g/mol. The highest BCUT2D eigenvalue weighted by molar-refractivity contribution is 6.32. The summed E-state index contributed by atoms with van der Waals surface area (Å²) in [5.41, 5.74) is 1.25. The second-order valence-electron chi connectivity index (χ2n) is 3.24. The fourth-order valence-electron chi connectivity index (χ4n) is 1.03. The monoisotopic (exact) mass is 225 g/mol. The van der Waals surface area contributed by atoms with Gasteiger partial charge in [-0.25, -0.2) is 0 Å². The molecular formula is C11H12ClNO2. The average molecular weight is 226 g/mol. The van der Waals surface area contributed by atoms with Gasteiger partial charge in [-0.2, -0.15) is 0 Å². The zero-order valence-electron chi connectivity index (χ0n) is 8.58. The molecule has 1 aromatic rings. The molecule has 0 saturated heterocycles. The van der Waals surface area contributed by atoms with Crippen LogP contribution in [0.25, 0.3) is 0 Å². The molecule has 0 spiro atoms. The largest absolute Gasteiger partial charge is 0.325 e. The van der Waals surface area contributed by atoms with E-state index in [0.717, 1.165) is 0 Å². The summed E-state index contributed by atoms with van der Waals surface area (Å²) >= 11 is 5.59. The lowest BCUT2D eigenvalue weighted by molar-refractivity contribution is -0.115. The summed E-state index contributed by atoms with van der Waals surface area (Å²) in [5, 5.41) is 2.05. The van der Waals surface area contributed by atoms with E-state index in [1.54, 1.807) is 31.2 Å². The van der Waals surface area contributed by atoms with Crippen molar-refractivity contribution in [2.75, 3.05) is 5.32 Å². The number of hydrogen-bond acceptors (Lipinski definition) is 2. The smallest absolute Gasteiger partial charge is 0.242 e. The normalized spacial score (nSPS) is 11.9. The molecule has 0 bridgehead atoms. The second-order valence-corrected chi connectivity index (χ2v) is 3.89. The maximum Gasteiger partial charge on any atom is 0.242 e. The van der Waals surface area contributed by atoms with E-state index >= 15 is 0 Å². The number of hydrogen-bond donors (Lipinski definition) is 1. The first kappa shape index (κ1) is 11.7. The van der Waals surface area contributed by atoms with E-state index in [9.17, 15) is 9.59 Å². The minimum Gasteiger partial charge on any atom is -0.325 e. The number of Topliss-reactive ketones (excluding diaryl/α,β-unsaturated/α-hetero) is 1. The van der Waals surface area contributed by atoms with Crippen molar-refractivity contribution >= 4 is 29.0 Å². The molecule has 0 saturated carbocycles. The maximum absolute atomic E-state index is 11.2. The summed E-state index contributed by atoms with van der Waals surface area (Å²) < 4.78 is 0. The van der Waals surface area contributed by atoms with Gasteiger partial charge in [0.1, 0.15) is 5.38 Å². The highest BCUT2D eigenvalue weighted by Gasteiger charge is 2.08. The van der Waals surface area contributed by atoms with Crippen LogP contribution in [0.15, 0.2) is 24.3 Å². The Morgan fingerprint density at radius 3 is 2.20 bits per heavy atom. The molecule has 1 amide bonds. The van der Waals surface area contributed by atoms with Crippen LogP contribution in [0.1, 0.15) is 24.2 Å². The third-order valence-electron chi connectivity index (χ3n) is 1.92. The number of amides is 1. The molecule has 0 radical (unpaired) electrons. The van der Waals surface area contributed by atoms with Gasteiger partial charge in [-0.3, -0.25) is 9.59 Å². The summed E-state index contributed by atoms with van der Waals surface area (Å²) in [7, 11) is 0. The van der Waals surface area contributed by atoms with Crippen LogP contribution in [-0.4, -0.2) is 17.1 Å². The lowest BCUT2D eigenvalue weighted by Crippen LogP contribution is -2.20. The molecule has 3 nitrogen and oxygen atoms in total. The van der Waals surface area contributed by atoms with Crippen molar-refractivity contribution in [3.8, 4) is 0 Å². The van der Waals surface area contributed by atoms with E-state index in [0.29, 0.717) is 11.3 Å². The van der Waals surface area contributed by atoms with Crippen LogP contribution in [0.2, 0.25) is 0 Å². The molecule has 1 N–H and O–H groups in total. The molecule has 80 valence electrons. The van der Waals surface area contributed by atoms with Crippen LogP contribution in [0.5, 0.6) is 0 Å². The predicted molar refractivity (Wildman–Crippen MR) is 60.4 cm³/mol. The van der Waals surface area contributed by atoms with Crippen LogP contribution in [0, 0.1) is 0 Å². The van der Waals surface area contributed by atoms with Crippen molar-refractivity contribution in [3.63, 3.8) is 0 Å². The van der Waals surface area contributed by atoms with Crippen LogP contribution >= 0.6 is 11.6 Å². The fourth-order valence-corrected chi connectivity index (χ4v) is 1.08. The Kier molecular flexibility index (Phi) is 3.86. The molecule has 0 aliphatic heterocycles. The summed E-state index contributed by atoms with van der Waals surface area (Å²) in [4.78, 5) is 22.2. The molecule has 1 atom stereocenters. The highest BCUT2D eigenvalue weighted by atomic mass is 35.5. The summed E-state index contributed by atoms with van der Waals surface area (Å²) in [6.45, 7) is 3.09. The first-order valence-corrected chi connectivity index (χ1v) is 5.00.